The summed E-state index contributed by atoms with van der Waals surface area (Å²) >= 11 is 0. The Hall–Kier alpha value is -1.87. The lowest BCUT2D eigenvalue weighted by atomic mass is 9.93. The molecule has 3 heteroatoms. The Morgan fingerprint density at radius 2 is 2.08 bits per heavy atom. The Morgan fingerprint density at radius 1 is 1.42 bits per heavy atom. The summed E-state index contributed by atoms with van der Waals surface area (Å²) in [5.74, 6) is -0.319. The largest absolute Gasteiger partial charge is 0.288 e. The SMILES string of the molecule is CC1=CCC(C#N)=C(C#N)C1=O. The number of ketones is 1. The third kappa shape index (κ3) is 1.13. The molecule has 0 saturated carbocycles. The summed E-state index contributed by atoms with van der Waals surface area (Å²) in [5.41, 5.74) is 0.816. The maximum Gasteiger partial charge on any atom is 0.199 e. The van der Waals surface area contributed by atoms with Crippen LogP contribution in [0.5, 0.6) is 0 Å². The summed E-state index contributed by atoms with van der Waals surface area (Å²) in [4.78, 5) is 11.2. The van der Waals surface area contributed by atoms with Crippen molar-refractivity contribution >= 4 is 5.78 Å². The zero-order chi connectivity index (χ0) is 9.14. The van der Waals surface area contributed by atoms with Crippen molar-refractivity contribution in [2.45, 2.75) is 13.3 Å². The lowest BCUT2D eigenvalue weighted by Crippen LogP contribution is -2.09. The van der Waals surface area contributed by atoms with Gasteiger partial charge < -0.3 is 0 Å². The predicted molar refractivity (Wildman–Crippen MR) is 41.6 cm³/mol. The average Bonchev–Trinajstić information content (AvgIpc) is 2.09. The molecule has 0 unspecified atom stereocenters. The normalized spacial score (nSPS) is 16.6. The molecule has 1 aliphatic rings. The molecule has 0 radical (unpaired) electrons. The molecule has 0 amide bonds. The van der Waals surface area contributed by atoms with Gasteiger partial charge in [-0.1, -0.05) is 6.08 Å². The highest BCUT2D eigenvalue weighted by atomic mass is 16.1. The fourth-order valence-corrected chi connectivity index (χ4v) is 1.00. The first-order chi connectivity index (χ1) is 5.70. The monoisotopic (exact) mass is 158 g/mol. The van der Waals surface area contributed by atoms with Crippen LogP contribution in [-0.2, 0) is 4.79 Å². The van der Waals surface area contributed by atoms with Crippen molar-refractivity contribution in [1.82, 2.24) is 0 Å². The minimum Gasteiger partial charge on any atom is -0.288 e. The fourth-order valence-electron chi connectivity index (χ4n) is 1.00. The quantitative estimate of drug-likeness (QED) is 0.532. The molecular formula is C9H6N2O. The molecule has 1 rings (SSSR count). The van der Waals surface area contributed by atoms with Crippen LogP contribution >= 0.6 is 0 Å². The van der Waals surface area contributed by atoms with Crippen molar-refractivity contribution in [2.24, 2.45) is 0 Å². The molecule has 0 aromatic carbocycles. The van der Waals surface area contributed by atoms with Gasteiger partial charge in [-0.3, -0.25) is 4.79 Å². The number of rotatable bonds is 0. The number of nitrogens with zero attached hydrogens (tertiary/aromatic N) is 2. The number of allylic oxidation sites excluding steroid dienone is 4. The number of nitriles is 2. The molecule has 0 atom stereocenters. The van der Waals surface area contributed by atoms with Gasteiger partial charge in [-0.25, -0.2) is 0 Å². The summed E-state index contributed by atoms with van der Waals surface area (Å²) in [5, 5.41) is 17.1. The summed E-state index contributed by atoms with van der Waals surface area (Å²) in [6.07, 6.45) is 2.07. The molecule has 0 heterocycles. The van der Waals surface area contributed by atoms with Crippen molar-refractivity contribution < 1.29 is 4.79 Å². The smallest absolute Gasteiger partial charge is 0.199 e. The highest BCUT2D eigenvalue weighted by molar-refractivity contribution is 6.12. The van der Waals surface area contributed by atoms with E-state index in [4.69, 9.17) is 10.5 Å². The van der Waals surface area contributed by atoms with Crippen LogP contribution in [-0.4, -0.2) is 5.78 Å². The minimum atomic E-state index is -0.319. The van der Waals surface area contributed by atoms with E-state index < -0.39 is 0 Å². The molecule has 0 aromatic rings. The number of Topliss-reactive ketones (excluding diaryl/α,β-unsaturated/α-hetero) is 1. The summed E-state index contributed by atoms with van der Waals surface area (Å²) in [6.45, 7) is 1.65. The van der Waals surface area contributed by atoms with Gasteiger partial charge in [0.25, 0.3) is 0 Å². The van der Waals surface area contributed by atoms with E-state index in [1.54, 1.807) is 19.1 Å². The van der Waals surface area contributed by atoms with Crippen molar-refractivity contribution in [3.8, 4) is 12.1 Å². The number of carbonyl (C=O) groups is 1. The molecule has 3 nitrogen and oxygen atoms in total. The first-order valence-electron chi connectivity index (χ1n) is 3.45. The van der Waals surface area contributed by atoms with Gasteiger partial charge in [-0.15, -0.1) is 0 Å². The van der Waals surface area contributed by atoms with Gasteiger partial charge >= 0.3 is 0 Å². The molecule has 0 N–H and O–H groups in total. The number of carbonyl (C=O) groups excluding carboxylic acids is 1. The molecule has 0 saturated heterocycles. The van der Waals surface area contributed by atoms with Crippen molar-refractivity contribution in [1.29, 1.82) is 10.5 Å². The summed E-state index contributed by atoms with van der Waals surface area (Å²) in [7, 11) is 0. The predicted octanol–water partition coefficient (Wildman–Crippen LogP) is 1.25. The van der Waals surface area contributed by atoms with Crippen LogP contribution in [0.1, 0.15) is 13.3 Å². The van der Waals surface area contributed by atoms with Gasteiger partial charge in [-0.2, -0.15) is 10.5 Å². The van der Waals surface area contributed by atoms with Crippen LogP contribution in [0.15, 0.2) is 22.8 Å². The molecule has 0 spiro atoms. The first kappa shape index (κ1) is 8.23. The topological polar surface area (TPSA) is 64.7 Å². The van der Waals surface area contributed by atoms with Crippen LogP contribution < -0.4 is 0 Å². The molecule has 0 aromatic heterocycles. The van der Waals surface area contributed by atoms with E-state index in [9.17, 15) is 4.79 Å². The second kappa shape index (κ2) is 3.02. The van der Waals surface area contributed by atoms with Gasteiger partial charge in [0, 0.05) is 6.42 Å². The van der Waals surface area contributed by atoms with Gasteiger partial charge in [-0.05, 0) is 12.5 Å². The Kier molecular flexibility index (Phi) is 2.07. The zero-order valence-corrected chi connectivity index (χ0v) is 6.59. The standard InChI is InChI=1S/C9H6N2O/c1-6-2-3-7(4-10)8(5-11)9(6)12/h2H,3H2,1H3. The van der Waals surface area contributed by atoms with E-state index in [-0.39, 0.29) is 16.9 Å². The third-order valence-electron chi connectivity index (χ3n) is 1.75. The van der Waals surface area contributed by atoms with E-state index >= 15 is 0 Å². The number of hydrogen-bond acceptors (Lipinski definition) is 3. The van der Waals surface area contributed by atoms with Crippen LogP contribution in [0.25, 0.3) is 0 Å². The maximum absolute atomic E-state index is 11.2. The Labute approximate surface area is 70.2 Å². The van der Waals surface area contributed by atoms with Crippen molar-refractivity contribution in [3.63, 3.8) is 0 Å². The molecule has 0 bridgehead atoms. The second-order valence-electron chi connectivity index (χ2n) is 2.50. The first-order valence-corrected chi connectivity index (χ1v) is 3.45. The van der Waals surface area contributed by atoms with E-state index in [1.807, 2.05) is 6.07 Å². The molecule has 0 fully saturated rings. The number of hydrogen-bond donors (Lipinski definition) is 0. The molecular weight excluding hydrogens is 152 g/mol. The van der Waals surface area contributed by atoms with Crippen LogP contribution in [0, 0.1) is 22.7 Å². The van der Waals surface area contributed by atoms with E-state index in [2.05, 4.69) is 0 Å². The Balaban J connectivity index is 3.19. The highest BCUT2D eigenvalue weighted by Gasteiger charge is 2.20. The molecule has 12 heavy (non-hydrogen) atoms. The van der Waals surface area contributed by atoms with Crippen LogP contribution in [0.4, 0.5) is 0 Å². The third-order valence-corrected chi connectivity index (χ3v) is 1.75. The van der Waals surface area contributed by atoms with Crippen LogP contribution in [0.3, 0.4) is 0 Å². The van der Waals surface area contributed by atoms with Gasteiger partial charge in [0.05, 0.1) is 11.6 Å². The van der Waals surface area contributed by atoms with Crippen LogP contribution in [0.2, 0.25) is 0 Å². The van der Waals surface area contributed by atoms with E-state index in [1.165, 1.54) is 0 Å². The van der Waals surface area contributed by atoms with E-state index in [0.717, 1.165) is 0 Å². The maximum atomic E-state index is 11.2. The molecule has 58 valence electrons. The van der Waals surface area contributed by atoms with Crippen molar-refractivity contribution in [2.75, 3.05) is 0 Å². The van der Waals surface area contributed by atoms with Gasteiger partial charge in [0.1, 0.15) is 11.6 Å². The van der Waals surface area contributed by atoms with Gasteiger partial charge in [0.15, 0.2) is 5.78 Å². The lowest BCUT2D eigenvalue weighted by molar-refractivity contribution is -0.112. The van der Waals surface area contributed by atoms with Crippen molar-refractivity contribution in [3.05, 3.63) is 22.8 Å². The van der Waals surface area contributed by atoms with Gasteiger partial charge in [0.2, 0.25) is 0 Å². The molecule has 1 aliphatic carbocycles. The lowest BCUT2D eigenvalue weighted by Gasteiger charge is -2.06. The minimum absolute atomic E-state index is 0.00231. The van der Waals surface area contributed by atoms with E-state index in [0.29, 0.717) is 12.0 Å². The fraction of sp³-hybridized carbons (Fsp3) is 0.222. The Bertz CT molecular complexity index is 374. The Morgan fingerprint density at radius 3 is 2.58 bits per heavy atom. The summed E-state index contributed by atoms with van der Waals surface area (Å²) < 4.78 is 0. The second-order valence-corrected chi connectivity index (χ2v) is 2.50. The zero-order valence-electron chi connectivity index (χ0n) is 6.59. The average molecular weight is 158 g/mol. The highest BCUT2D eigenvalue weighted by Crippen LogP contribution is 2.19. The summed E-state index contributed by atoms with van der Waals surface area (Å²) in [6, 6.07) is 3.60. The molecule has 0 aliphatic heterocycles.